The van der Waals surface area contributed by atoms with Crippen LogP contribution >= 0.6 is 0 Å². The molecular formula is C34H39F3O. The first-order valence-electron chi connectivity index (χ1n) is 14.1. The average Bonchev–Trinajstić information content (AvgIpc) is 2.93. The smallest absolute Gasteiger partial charge is 0.419 e. The van der Waals surface area contributed by atoms with Gasteiger partial charge in [-0.3, -0.25) is 0 Å². The Hall–Kier alpha value is -3.01. The van der Waals surface area contributed by atoms with Crippen LogP contribution in [0.25, 0.3) is 22.3 Å². The monoisotopic (exact) mass is 520 g/mol. The highest BCUT2D eigenvalue weighted by Gasteiger charge is 2.29. The third-order valence-electron chi connectivity index (χ3n) is 7.75. The molecule has 4 heteroatoms. The van der Waals surface area contributed by atoms with Crippen molar-refractivity contribution in [3.05, 3.63) is 90.3 Å². The lowest BCUT2D eigenvalue weighted by atomic mass is 9.79. The number of unbranched alkanes of at least 4 members (excludes halogenated alkanes) is 2. The van der Waals surface area contributed by atoms with Crippen LogP contribution in [0.5, 0.6) is 5.75 Å². The van der Waals surface area contributed by atoms with Crippen molar-refractivity contribution in [2.45, 2.75) is 77.7 Å². The lowest BCUT2D eigenvalue weighted by Crippen LogP contribution is -2.22. The first kappa shape index (κ1) is 28.0. The topological polar surface area (TPSA) is 9.23 Å². The van der Waals surface area contributed by atoms with Crippen molar-refractivity contribution in [1.82, 2.24) is 0 Å². The molecule has 3 aromatic carbocycles. The number of ether oxygens (including phenoxy) is 1. The molecule has 0 spiro atoms. The van der Waals surface area contributed by atoms with Crippen molar-refractivity contribution in [1.29, 1.82) is 0 Å². The molecule has 0 heterocycles. The minimum absolute atomic E-state index is 0.0798. The van der Waals surface area contributed by atoms with Gasteiger partial charge in [0.2, 0.25) is 0 Å². The SMILES string of the molecule is CCCCCC1CCC(C=CC(F)(F)Oc2ccc(-c3ccc(-c4ccc(CC)cc4)c(F)c3)cc2)CC1. The van der Waals surface area contributed by atoms with E-state index in [9.17, 15) is 13.2 Å². The Balaban J connectivity index is 1.33. The summed E-state index contributed by atoms with van der Waals surface area (Å²) in [7, 11) is 0. The highest BCUT2D eigenvalue weighted by molar-refractivity contribution is 5.71. The number of aryl methyl sites for hydroxylation is 1. The zero-order valence-corrected chi connectivity index (χ0v) is 22.6. The summed E-state index contributed by atoms with van der Waals surface area (Å²) in [4.78, 5) is 0. The number of hydrogen-bond acceptors (Lipinski definition) is 1. The second-order valence-corrected chi connectivity index (χ2v) is 10.6. The highest BCUT2D eigenvalue weighted by Crippen LogP contribution is 2.34. The van der Waals surface area contributed by atoms with Crippen molar-refractivity contribution in [2.75, 3.05) is 0 Å². The number of allylic oxidation sites excluding steroid dienone is 1. The van der Waals surface area contributed by atoms with Crippen LogP contribution in [0.3, 0.4) is 0 Å². The van der Waals surface area contributed by atoms with Crippen LogP contribution in [-0.4, -0.2) is 6.11 Å². The van der Waals surface area contributed by atoms with E-state index in [1.807, 2.05) is 30.3 Å². The Bertz CT molecular complexity index is 1170. The third kappa shape index (κ3) is 7.75. The average molecular weight is 521 g/mol. The predicted molar refractivity (Wildman–Crippen MR) is 151 cm³/mol. The van der Waals surface area contributed by atoms with Gasteiger partial charge in [-0.05, 0) is 84.4 Å². The molecule has 0 aliphatic heterocycles. The Morgan fingerprint density at radius 2 is 1.47 bits per heavy atom. The fourth-order valence-electron chi connectivity index (χ4n) is 5.36. The zero-order chi connectivity index (χ0) is 27.0. The number of rotatable bonds is 11. The molecule has 0 unspecified atom stereocenters. The molecule has 202 valence electrons. The second kappa shape index (κ2) is 13.2. The summed E-state index contributed by atoms with van der Waals surface area (Å²) in [6.45, 7) is 4.30. The standard InChI is InChI=1S/C34H39F3O/c1-3-5-6-7-26-8-10-27(11-9-26)22-23-34(36,37)38-31-19-16-28(17-20-31)30-18-21-32(33(35)24-30)29-14-12-25(4-2)13-15-29/h12-24,26-27H,3-11H2,1-2H3. The summed E-state index contributed by atoms with van der Waals surface area (Å²) in [5, 5.41) is 0. The van der Waals surface area contributed by atoms with E-state index in [0.717, 1.165) is 55.2 Å². The summed E-state index contributed by atoms with van der Waals surface area (Å²) >= 11 is 0. The summed E-state index contributed by atoms with van der Waals surface area (Å²) in [6.07, 6.45) is 9.35. The molecule has 3 aromatic rings. The Morgan fingerprint density at radius 1 is 0.816 bits per heavy atom. The number of hydrogen-bond donors (Lipinski definition) is 0. The molecule has 0 saturated heterocycles. The van der Waals surface area contributed by atoms with Gasteiger partial charge in [0.05, 0.1) is 0 Å². The van der Waals surface area contributed by atoms with Crippen molar-refractivity contribution in [2.24, 2.45) is 11.8 Å². The summed E-state index contributed by atoms with van der Waals surface area (Å²) in [6, 6.07) is 19.3. The van der Waals surface area contributed by atoms with Gasteiger partial charge in [0.15, 0.2) is 0 Å². The van der Waals surface area contributed by atoms with E-state index in [4.69, 9.17) is 4.74 Å². The van der Waals surface area contributed by atoms with Crippen molar-refractivity contribution in [3.63, 3.8) is 0 Å². The van der Waals surface area contributed by atoms with Gasteiger partial charge < -0.3 is 4.74 Å². The molecule has 0 N–H and O–H groups in total. The minimum Gasteiger partial charge on any atom is -0.429 e. The fraction of sp³-hybridized carbons (Fsp3) is 0.412. The van der Waals surface area contributed by atoms with E-state index < -0.39 is 6.11 Å². The van der Waals surface area contributed by atoms with Crippen molar-refractivity contribution >= 4 is 0 Å². The van der Waals surface area contributed by atoms with Gasteiger partial charge in [-0.1, -0.05) is 94.1 Å². The third-order valence-corrected chi connectivity index (χ3v) is 7.75. The van der Waals surface area contributed by atoms with Gasteiger partial charge >= 0.3 is 6.11 Å². The minimum atomic E-state index is -3.37. The number of halogens is 3. The van der Waals surface area contributed by atoms with Crippen LogP contribution < -0.4 is 4.74 Å². The van der Waals surface area contributed by atoms with E-state index in [-0.39, 0.29) is 17.5 Å². The van der Waals surface area contributed by atoms with Crippen molar-refractivity contribution in [3.8, 4) is 28.0 Å². The lowest BCUT2D eigenvalue weighted by Gasteiger charge is -2.27. The molecule has 1 saturated carbocycles. The molecule has 0 aromatic heterocycles. The maximum Gasteiger partial charge on any atom is 0.419 e. The van der Waals surface area contributed by atoms with Gasteiger partial charge in [0.1, 0.15) is 11.6 Å². The second-order valence-electron chi connectivity index (χ2n) is 10.6. The van der Waals surface area contributed by atoms with E-state index in [1.54, 1.807) is 24.3 Å². The Morgan fingerprint density at radius 3 is 2.11 bits per heavy atom. The molecule has 1 aliphatic rings. The molecule has 0 atom stereocenters. The van der Waals surface area contributed by atoms with Gasteiger partial charge in [-0.2, -0.15) is 8.78 Å². The summed E-state index contributed by atoms with van der Waals surface area (Å²) < 4.78 is 48.9. The molecule has 0 amide bonds. The largest absolute Gasteiger partial charge is 0.429 e. The van der Waals surface area contributed by atoms with E-state index in [0.29, 0.717) is 11.1 Å². The van der Waals surface area contributed by atoms with Gasteiger partial charge in [0.25, 0.3) is 0 Å². The maximum absolute atomic E-state index is 14.9. The van der Waals surface area contributed by atoms with Gasteiger partial charge in [-0.25, -0.2) is 4.39 Å². The van der Waals surface area contributed by atoms with Crippen LogP contribution in [0.15, 0.2) is 78.9 Å². The molecule has 1 aliphatic carbocycles. The lowest BCUT2D eigenvalue weighted by molar-refractivity contribution is -0.132. The van der Waals surface area contributed by atoms with Crippen LogP contribution in [0.2, 0.25) is 0 Å². The number of benzene rings is 3. The normalized spacial score (nSPS) is 18.1. The highest BCUT2D eigenvalue weighted by atomic mass is 19.3. The summed E-state index contributed by atoms with van der Waals surface area (Å²) in [5.41, 5.74) is 3.98. The zero-order valence-electron chi connectivity index (χ0n) is 22.6. The predicted octanol–water partition coefficient (Wildman–Crippen LogP) is 10.6. The van der Waals surface area contributed by atoms with E-state index in [1.165, 1.54) is 49.4 Å². The number of alkyl halides is 2. The summed E-state index contributed by atoms with van der Waals surface area (Å²) in [5.74, 6) is 0.699. The molecular weight excluding hydrogens is 481 g/mol. The molecule has 0 radical (unpaired) electrons. The van der Waals surface area contributed by atoms with Crippen LogP contribution in [0.1, 0.15) is 70.8 Å². The van der Waals surface area contributed by atoms with Crippen LogP contribution in [-0.2, 0) is 6.42 Å². The van der Waals surface area contributed by atoms with Crippen LogP contribution in [0.4, 0.5) is 13.2 Å². The van der Waals surface area contributed by atoms with E-state index >= 15 is 0 Å². The van der Waals surface area contributed by atoms with E-state index in [2.05, 4.69) is 13.8 Å². The fourth-order valence-corrected chi connectivity index (χ4v) is 5.36. The Kier molecular flexibility index (Phi) is 9.71. The van der Waals surface area contributed by atoms with Crippen molar-refractivity contribution < 1.29 is 17.9 Å². The first-order chi connectivity index (χ1) is 18.4. The molecule has 38 heavy (non-hydrogen) atoms. The molecule has 1 nitrogen and oxygen atoms in total. The quantitative estimate of drug-likeness (QED) is 0.180. The van der Waals surface area contributed by atoms with Gasteiger partial charge in [-0.15, -0.1) is 0 Å². The first-order valence-corrected chi connectivity index (χ1v) is 14.1. The Labute approximate surface area is 225 Å². The molecule has 0 bridgehead atoms. The van der Waals surface area contributed by atoms with Crippen LogP contribution in [0, 0.1) is 17.7 Å². The molecule has 1 fully saturated rings. The maximum atomic E-state index is 14.9. The van der Waals surface area contributed by atoms with Gasteiger partial charge in [0, 0.05) is 11.6 Å². The molecule has 4 rings (SSSR count).